The fourth-order valence-electron chi connectivity index (χ4n) is 1.33. The molecule has 1 aromatic carbocycles. The van der Waals surface area contributed by atoms with Gasteiger partial charge in [0.15, 0.2) is 0 Å². The number of thiazole rings is 1. The van der Waals surface area contributed by atoms with Crippen LogP contribution < -0.4 is 0 Å². The third-order valence-corrected chi connectivity index (χ3v) is 4.52. The molecule has 0 amide bonds. The van der Waals surface area contributed by atoms with E-state index in [0.717, 1.165) is 23.1 Å². The van der Waals surface area contributed by atoms with Gasteiger partial charge in [-0.05, 0) is 18.2 Å². The van der Waals surface area contributed by atoms with E-state index in [2.05, 4.69) is 4.98 Å². The first-order chi connectivity index (χ1) is 8.58. The molecule has 0 aliphatic carbocycles. The minimum atomic E-state index is -1.62. The number of hydrogen-bond donors (Lipinski definition) is 1. The van der Waals surface area contributed by atoms with Crippen molar-refractivity contribution in [3.05, 3.63) is 46.2 Å². The number of aromatic nitrogens is 1. The number of halogens is 1. The Bertz CT molecular complexity index is 598. The number of carboxylic acid groups (broad SMARTS) is 1. The number of nitrogens with zero attached hydrogens (tertiary/aromatic N) is 1. The first-order valence-electron chi connectivity index (χ1n) is 4.86. The van der Waals surface area contributed by atoms with Crippen LogP contribution in [0.3, 0.4) is 0 Å². The van der Waals surface area contributed by atoms with Gasteiger partial charge in [-0.25, -0.2) is 9.18 Å². The summed E-state index contributed by atoms with van der Waals surface area (Å²) >= 11 is 1.32. The summed E-state index contributed by atoms with van der Waals surface area (Å²) < 4.78 is 25.5. The molecule has 0 aliphatic rings. The molecule has 2 aromatic rings. The van der Waals surface area contributed by atoms with Crippen molar-refractivity contribution >= 4 is 28.1 Å². The second-order valence-corrected chi connectivity index (χ2v) is 5.80. The SMILES string of the molecule is O=C(O)c1ccc(F)c(S(=O)Cc2cncs2)c1. The first-order valence-corrected chi connectivity index (χ1v) is 7.06. The van der Waals surface area contributed by atoms with Crippen molar-refractivity contribution in [1.29, 1.82) is 0 Å². The number of hydrogen-bond acceptors (Lipinski definition) is 4. The summed E-state index contributed by atoms with van der Waals surface area (Å²) in [6, 6.07) is 3.27. The predicted molar refractivity (Wildman–Crippen MR) is 65.6 cm³/mol. The van der Waals surface area contributed by atoms with Crippen LogP contribution in [0.25, 0.3) is 0 Å². The van der Waals surface area contributed by atoms with Gasteiger partial charge in [-0.15, -0.1) is 11.3 Å². The van der Waals surface area contributed by atoms with Crippen molar-refractivity contribution in [2.75, 3.05) is 0 Å². The maximum atomic E-state index is 13.5. The predicted octanol–water partition coefficient (Wildman–Crippen LogP) is 2.29. The zero-order valence-corrected chi connectivity index (χ0v) is 10.6. The second kappa shape index (κ2) is 5.36. The standard InChI is InChI=1S/C11H8FNO3S2/c12-9-2-1-7(11(14)15)3-10(9)18(16)5-8-4-13-6-17-8/h1-4,6H,5H2,(H,14,15). The Kier molecular flexibility index (Phi) is 3.83. The van der Waals surface area contributed by atoms with Gasteiger partial charge in [0.1, 0.15) is 5.82 Å². The molecule has 1 heterocycles. The third-order valence-electron chi connectivity index (χ3n) is 2.18. The highest BCUT2D eigenvalue weighted by Crippen LogP contribution is 2.19. The summed E-state index contributed by atoms with van der Waals surface area (Å²) in [5, 5.41) is 8.81. The Morgan fingerprint density at radius 2 is 2.28 bits per heavy atom. The molecule has 1 atom stereocenters. The lowest BCUT2D eigenvalue weighted by molar-refractivity contribution is 0.0696. The molecule has 7 heteroatoms. The van der Waals surface area contributed by atoms with E-state index >= 15 is 0 Å². The molecule has 0 fully saturated rings. The van der Waals surface area contributed by atoms with Crippen LogP contribution in [0.5, 0.6) is 0 Å². The Labute approximate surface area is 109 Å². The topological polar surface area (TPSA) is 67.3 Å². The van der Waals surface area contributed by atoms with Crippen molar-refractivity contribution in [3.63, 3.8) is 0 Å². The highest BCUT2D eigenvalue weighted by atomic mass is 32.2. The molecule has 0 radical (unpaired) electrons. The van der Waals surface area contributed by atoms with Crippen LogP contribution in [0.15, 0.2) is 34.8 Å². The Hall–Kier alpha value is -1.60. The van der Waals surface area contributed by atoms with Gasteiger partial charge in [0.2, 0.25) is 0 Å². The molecule has 0 saturated carbocycles. The fourth-order valence-corrected chi connectivity index (χ4v) is 3.34. The van der Waals surface area contributed by atoms with Crippen LogP contribution in [0.1, 0.15) is 15.2 Å². The average Bonchev–Trinajstić information content (AvgIpc) is 2.81. The Balaban J connectivity index is 2.29. The minimum absolute atomic E-state index is 0.0796. The molecule has 4 nitrogen and oxygen atoms in total. The normalized spacial score (nSPS) is 12.3. The van der Waals surface area contributed by atoms with E-state index in [1.165, 1.54) is 11.3 Å². The van der Waals surface area contributed by atoms with Gasteiger partial charge in [-0.2, -0.15) is 0 Å². The van der Waals surface area contributed by atoms with Crippen LogP contribution in [-0.2, 0) is 16.6 Å². The maximum absolute atomic E-state index is 13.5. The third kappa shape index (κ3) is 2.80. The van der Waals surface area contributed by atoms with Gasteiger partial charge in [-0.3, -0.25) is 9.19 Å². The minimum Gasteiger partial charge on any atom is -0.478 e. The molecule has 0 spiro atoms. The number of benzene rings is 1. The van der Waals surface area contributed by atoms with E-state index in [1.54, 1.807) is 11.7 Å². The fraction of sp³-hybridized carbons (Fsp3) is 0.0909. The monoisotopic (exact) mass is 285 g/mol. The number of carbonyl (C=O) groups is 1. The van der Waals surface area contributed by atoms with Gasteiger partial charge in [0.05, 0.1) is 32.5 Å². The van der Waals surface area contributed by atoms with E-state index < -0.39 is 22.6 Å². The maximum Gasteiger partial charge on any atom is 0.335 e. The highest BCUT2D eigenvalue weighted by molar-refractivity contribution is 7.84. The summed E-state index contributed by atoms with van der Waals surface area (Å²) in [7, 11) is -1.62. The van der Waals surface area contributed by atoms with Crippen molar-refractivity contribution in [2.45, 2.75) is 10.6 Å². The zero-order chi connectivity index (χ0) is 13.1. The molecule has 1 aromatic heterocycles. The Morgan fingerprint density at radius 3 is 2.89 bits per heavy atom. The van der Waals surface area contributed by atoms with Gasteiger partial charge >= 0.3 is 5.97 Å². The molecule has 2 rings (SSSR count). The summed E-state index contributed by atoms with van der Waals surface area (Å²) in [6.07, 6.45) is 1.56. The molecule has 94 valence electrons. The molecule has 18 heavy (non-hydrogen) atoms. The molecular formula is C11H8FNO3S2. The van der Waals surface area contributed by atoms with E-state index in [9.17, 15) is 13.4 Å². The van der Waals surface area contributed by atoms with Crippen molar-refractivity contribution in [2.24, 2.45) is 0 Å². The second-order valence-electron chi connectivity index (χ2n) is 3.41. The number of rotatable bonds is 4. The van der Waals surface area contributed by atoms with E-state index in [0.29, 0.717) is 0 Å². The van der Waals surface area contributed by atoms with Crippen molar-refractivity contribution in [3.8, 4) is 0 Å². The summed E-state index contributed by atoms with van der Waals surface area (Å²) in [4.78, 5) is 15.3. The average molecular weight is 285 g/mol. The molecule has 1 unspecified atom stereocenters. The molecule has 0 saturated heterocycles. The van der Waals surface area contributed by atoms with Crippen LogP contribution in [-0.4, -0.2) is 20.3 Å². The van der Waals surface area contributed by atoms with Gasteiger partial charge < -0.3 is 5.11 Å². The summed E-state index contributed by atoms with van der Waals surface area (Å²) in [5.74, 6) is -1.71. The molecule has 0 aliphatic heterocycles. The molecular weight excluding hydrogens is 277 g/mol. The van der Waals surface area contributed by atoms with Crippen LogP contribution in [0.2, 0.25) is 0 Å². The molecule has 0 bridgehead atoms. The lowest BCUT2D eigenvalue weighted by atomic mass is 10.2. The van der Waals surface area contributed by atoms with Crippen LogP contribution in [0, 0.1) is 5.82 Å². The van der Waals surface area contributed by atoms with Crippen molar-refractivity contribution < 1.29 is 18.5 Å². The zero-order valence-electron chi connectivity index (χ0n) is 9.00. The van der Waals surface area contributed by atoms with Crippen LogP contribution in [0.4, 0.5) is 4.39 Å². The lowest BCUT2D eigenvalue weighted by Crippen LogP contribution is -2.03. The van der Waals surface area contributed by atoms with Gasteiger partial charge in [-0.1, -0.05) is 0 Å². The van der Waals surface area contributed by atoms with E-state index in [4.69, 9.17) is 5.11 Å². The highest BCUT2D eigenvalue weighted by Gasteiger charge is 2.14. The summed E-state index contributed by atoms with van der Waals surface area (Å²) in [5.41, 5.74) is 1.51. The smallest absolute Gasteiger partial charge is 0.335 e. The molecule has 1 N–H and O–H groups in total. The van der Waals surface area contributed by atoms with E-state index in [-0.39, 0.29) is 16.2 Å². The summed E-state index contributed by atoms with van der Waals surface area (Å²) in [6.45, 7) is 0. The lowest BCUT2D eigenvalue weighted by Gasteiger charge is -2.03. The van der Waals surface area contributed by atoms with E-state index in [1.807, 2.05) is 0 Å². The number of carboxylic acids is 1. The van der Waals surface area contributed by atoms with Gasteiger partial charge in [0, 0.05) is 11.1 Å². The largest absolute Gasteiger partial charge is 0.478 e. The quantitative estimate of drug-likeness (QED) is 0.936. The number of aromatic carboxylic acids is 1. The van der Waals surface area contributed by atoms with Gasteiger partial charge in [0.25, 0.3) is 0 Å². The van der Waals surface area contributed by atoms with Crippen molar-refractivity contribution in [1.82, 2.24) is 4.98 Å². The first kappa shape index (κ1) is 12.8. The van der Waals surface area contributed by atoms with Crippen LogP contribution >= 0.6 is 11.3 Å². The Morgan fingerprint density at radius 1 is 1.50 bits per heavy atom.